The maximum Gasteiger partial charge on any atom is 0.408 e. The van der Waals surface area contributed by atoms with Crippen LogP contribution in [-0.2, 0) is 14.3 Å². The number of aliphatic hydroxyl groups excluding tert-OH is 1. The molecule has 2 N–H and O–H groups in total. The molecule has 0 saturated heterocycles. The molecule has 6 nitrogen and oxygen atoms in total. The number of esters is 1. The van der Waals surface area contributed by atoms with Crippen molar-refractivity contribution in [3.63, 3.8) is 0 Å². The van der Waals surface area contributed by atoms with Crippen molar-refractivity contribution >= 4 is 12.1 Å². The normalized spacial score (nSPS) is 12.8. The Hall–Kier alpha value is -1.30. The maximum absolute atomic E-state index is 11.3. The molecule has 0 heterocycles. The molecular weight excluding hydrogens is 214 g/mol. The first-order chi connectivity index (χ1) is 7.30. The summed E-state index contributed by atoms with van der Waals surface area (Å²) in [6.07, 6.45) is -0.764. The lowest BCUT2D eigenvalue weighted by molar-refractivity contribution is -0.146. The lowest BCUT2D eigenvalue weighted by atomic mass is 10.2. The summed E-state index contributed by atoms with van der Waals surface area (Å²) >= 11 is 0. The Kier molecular flexibility index (Phi) is 5.81. The highest BCUT2D eigenvalue weighted by Crippen LogP contribution is 2.06. The molecule has 0 radical (unpaired) electrons. The van der Waals surface area contributed by atoms with E-state index < -0.39 is 30.3 Å². The van der Waals surface area contributed by atoms with E-state index in [0.717, 1.165) is 0 Å². The third-order valence-corrected chi connectivity index (χ3v) is 1.44. The van der Waals surface area contributed by atoms with E-state index in [1.165, 1.54) is 0 Å². The minimum atomic E-state index is -1.09. The van der Waals surface area contributed by atoms with Crippen molar-refractivity contribution in [1.82, 2.24) is 5.32 Å². The van der Waals surface area contributed by atoms with Crippen LogP contribution in [0.4, 0.5) is 4.79 Å². The van der Waals surface area contributed by atoms with Crippen molar-refractivity contribution in [1.29, 1.82) is 0 Å². The van der Waals surface area contributed by atoms with Crippen LogP contribution in [0.2, 0.25) is 0 Å². The lowest BCUT2D eigenvalue weighted by Crippen LogP contribution is -2.46. The van der Waals surface area contributed by atoms with Crippen LogP contribution in [-0.4, -0.2) is 42.0 Å². The number of carbonyl (C=O) groups is 2. The fraction of sp³-hybridized carbons (Fsp3) is 0.800. The minimum Gasteiger partial charge on any atom is -0.464 e. The Labute approximate surface area is 94.9 Å². The molecule has 0 aliphatic heterocycles. The fourth-order valence-electron chi connectivity index (χ4n) is 0.872. The summed E-state index contributed by atoms with van der Waals surface area (Å²) in [4.78, 5) is 22.5. The number of rotatable bonds is 4. The average Bonchev–Trinajstić information content (AvgIpc) is 2.11. The van der Waals surface area contributed by atoms with Gasteiger partial charge in [0.15, 0.2) is 6.04 Å². The van der Waals surface area contributed by atoms with E-state index >= 15 is 0 Å². The summed E-state index contributed by atoms with van der Waals surface area (Å²) < 4.78 is 9.59. The monoisotopic (exact) mass is 233 g/mol. The van der Waals surface area contributed by atoms with Crippen molar-refractivity contribution in [2.45, 2.75) is 39.3 Å². The van der Waals surface area contributed by atoms with Gasteiger partial charge in [0.2, 0.25) is 0 Å². The van der Waals surface area contributed by atoms with Crippen LogP contribution in [0.15, 0.2) is 0 Å². The zero-order chi connectivity index (χ0) is 12.8. The first-order valence-corrected chi connectivity index (χ1v) is 5.07. The Morgan fingerprint density at radius 2 is 1.94 bits per heavy atom. The third kappa shape index (κ3) is 6.23. The van der Waals surface area contributed by atoms with Crippen LogP contribution < -0.4 is 5.32 Å². The number of aliphatic hydroxyl groups is 1. The predicted molar refractivity (Wildman–Crippen MR) is 56.9 cm³/mol. The summed E-state index contributed by atoms with van der Waals surface area (Å²) in [5.74, 6) is -0.684. The summed E-state index contributed by atoms with van der Waals surface area (Å²) in [7, 11) is 0. The van der Waals surface area contributed by atoms with Gasteiger partial charge in [-0.2, -0.15) is 0 Å². The second-order valence-corrected chi connectivity index (χ2v) is 4.13. The highest BCUT2D eigenvalue weighted by molar-refractivity contribution is 5.81. The van der Waals surface area contributed by atoms with E-state index in [4.69, 9.17) is 9.84 Å². The van der Waals surface area contributed by atoms with Gasteiger partial charge in [-0.25, -0.2) is 9.59 Å². The molecule has 0 unspecified atom stereocenters. The fourth-order valence-corrected chi connectivity index (χ4v) is 0.872. The van der Waals surface area contributed by atoms with Crippen LogP contribution in [0.1, 0.15) is 27.7 Å². The van der Waals surface area contributed by atoms with Crippen molar-refractivity contribution in [3.05, 3.63) is 0 Å². The number of hydrogen-bond acceptors (Lipinski definition) is 5. The number of amides is 1. The number of ether oxygens (including phenoxy) is 2. The Morgan fingerprint density at radius 1 is 1.38 bits per heavy atom. The molecule has 0 aromatic heterocycles. The first-order valence-electron chi connectivity index (χ1n) is 5.07. The topological polar surface area (TPSA) is 84.9 Å². The van der Waals surface area contributed by atoms with Crippen LogP contribution in [0.5, 0.6) is 0 Å². The molecule has 1 atom stereocenters. The number of nitrogens with one attached hydrogen (secondary N) is 1. The lowest BCUT2D eigenvalue weighted by Gasteiger charge is -2.21. The molecule has 0 saturated carbocycles. The molecule has 94 valence electrons. The summed E-state index contributed by atoms with van der Waals surface area (Å²) in [5, 5.41) is 11.1. The van der Waals surface area contributed by atoms with Gasteiger partial charge < -0.3 is 19.9 Å². The van der Waals surface area contributed by atoms with Gasteiger partial charge in [0, 0.05) is 0 Å². The maximum atomic E-state index is 11.3. The van der Waals surface area contributed by atoms with Gasteiger partial charge in [0.05, 0.1) is 13.2 Å². The van der Waals surface area contributed by atoms with Gasteiger partial charge >= 0.3 is 12.1 Å². The Bertz CT molecular complexity index is 246. The van der Waals surface area contributed by atoms with E-state index in [1.807, 2.05) is 0 Å². The van der Waals surface area contributed by atoms with Gasteiger partial charge in [0.25, 0.3) is 0 Å². The van der Waals surface area contributed by atoms with Gasteiger partial charge in [0.1, 0.15) is 5.60 Å². The third-order valence-electron chi connectivity index (χ3n) is 1.44. The molecule has 0 bridgehead atoms. The molecule has 0 rings (SSSR count). The van der Waals surface area contributed by atoms with Crippen LogP contribution in [0.25, 0.3) is 0 Å². The summed E-state index contributed by atoms with van der Waals surface area (Å²) in [6, 6.07) is -1.09. The highest BCUT2D eigenvalue weighted by Gasteiger charge is 2.24. The van der Waals surface area contributed by atoms with E-state index in [-0.39, 0.29) is 6.61 Å². The second-order valence-electron chi connectivity index (χ2n) is 4.13. The highest BCUT2D eigenvalue weighted by atomic mass is 16.6. The molecule has 0 aliphatic carbocycles. The molecule has 0 aliphatic rings. The zero-order valence-corrected chi connectivity index (χ0v) is 10.1. The Morgan fingerprint density at radius 3 is 2.31 bits per heavy atom. The van der Waals surface area contributed by atoms with Crippen molar-refractivity contribution in [2.75, 3.05) is 13.2 Å². The molecule has 0 aromatic carbocycles. The molecule has 0 fully saturated rings. The molecule has 16 heavy (non-hydrogen) atoms. The smallest absolute Gasteiger partial charge is 0.408 e. The quantitative estimate of drug-likeness (QED) is 0.688. The minimum absolute atomic E-state index is 0.186. The van der Waals surface area contributed by atoms with Crippen molar-refractivity contribution in [3.8, 4) is 0 Å². The van der Waals surface area contributed by atoms with E-state index in [2.05, 4.69) is 10.1 Å². The van der Waals surface area contributed by atoms with Crippen LogP contribution in [0.3, 0.4) is 0 Å². The number of alkyl carbamates (subject to hydrolysis) is 1. The molecule has 0 spiro atoms. The molecule has 0 aromatic rings. The number of carbonyl (C=O) groups excluding carboxylic acids is 2. The van der Waals surface area contributed by atoms with Crippen LogP contribution >= 0.6 is 0 Å². The van der Waals surface area contributed by atoms with Gasteiger partial charge in [-0.1, -0.05) is 0 Å². The van der Waals surface area contributed by atoms with E-state index in [1.54, 1.807) is 27.7 Å². The zero-order valence-electron chi connectivity index (χ0n) is 10.1. The summed E-state index contributed by atoms with van der Waals surface area (Å²) in [6.45, 7) is 6.39. The van der Waals surface area contributed by atoms with Gasteiger partial charge in [-0.15, -0.1) is 0 Å². The molecular formula is C10H19NO5. The molecule has 6 heteroatoms. The Balaban J connectivity index is 4.22. The largest absolute Gasteiger partial charge is 0.464 e. The predicted octanol–water partition coefficient (Wildman–Crippen LogP) is 0.435. The molecule has 1 amide bonds. The SMILES string of the molecule is CCOC(=O)[C@@H](CO)NC(=O)OC(C)(C)C. The standard InChI is InChI=1S/C10H19NO5/c1-5-15-8(13)7(6-12)11-9(14)16-10(2,3)4/h7,12H,5-6H2,1-4H3,(H,11,14)/t7-/m1/s1. The van der Waals surface area contributed by atoms with Crippen molar-refractivity contribution in [2.24, 2.45) is 0 Å². The van der Waals surface area contributed by atoms with Crippen LogP contribution in [0, 0.1) is 0 Å². The summed E-state index contributed by atoms with van der Waals surface area (Å²) in [5.41, 5.74) is -0.654. The van der Waals surface area contributed by atoms with E-state index in [0.29, 0.717) is 0 Å². The van der Waals surface area contributed by atoms with Crippen molar-refractivity contribution < 1.29 is 24.2 Å². The van der Waals surface area contributed by atoms with E-state index in [9.17, 15) is 9.59 Å². The number of hydrogen-bond donors (Lipinski definition) is 2. The second kappa shape index (κ2) is 6.32. The van der Waals surface area contributed by atoms with Gasteiger partial charge in [-0.05, 0) is 27.7 Å². The average molecular weight is 233 g/mol. The van der Waals surface area contributed by atoms with Gasteiger partial charge in [-0.3, -0.25) is 0 Å². The first kappa shape index (κ1) is 14.7.